The number of alkyl halides is 3. The summed E-state index contributed by atoms with van der Waals surface area (Å²) in [5.74, 6) is -0.734. The first-order chi connectivity index (χ1) is 15.4. The van der Waals surface area contributed by atoms with Gasteiger partial charge in [0.2, 0.25) is 5.82 Å². The lowest BCUT2D eigenvalue weighted by molar-refractivity contribution is -0.144. The lowest BCUT2D eigenvalue weighted by Crippen LogP contribution is -2.23. The summed E-state index contributed by atoms with van der Waals surface area (Å²) >= 11 is 0. The molecule has 0 saturated heterocycles. The molecule has 0 bridgehead atoms. The SMILES string of the molecule is O=c1[nH]c2ncc(-c3ccc(-c4n[nH]c(C(F)(F)F)n4)cc3)nc2n1CC1CCCCC1. The highest BCUT2D eigenvalue weighted by molar-refractivity contribution is 5.72. The summed E-state index contributed by atoms with van der Waals surface area (Å²) in [6.45, 7) is 0.613. The summed E-state index contributed by atoms with van der Waals surface area (Å²) in [5, 5.41) is 5.55. The summed E-state index contributed by atoms with van der Waals surface area (Å²) in [6, 6.07) is 6.67. The van der Waals surface area contributed by atoms with Gasteiger partial charge in [-0.25, -0.2) is 19.7 Å². The molecule has 1 fully saturated rings. The average Bonchev–Trinajstić information content (AvgIpc) is 3.40. The highest BCUT2D eigenvalue weighted by Gasteiger charge is 2.35. The second-order valence-electron chi connectivity index (χ2n) is 8.05. The summed E-state index contributed by atoms with van der Waals surface area (Å²) in [5.41, 5.74) is 2.44. The predicted molar refractivity (Wildman–Crippen MR) is 111 cm³/mol. The third-order valence-electron chi connectivity index (χ3n) is 5.84. The minimum absolute atomic E-state index is 0.0441. The topological polar surface area (TPSA) is 105 Å². The second-order valence-corrected chi connectivity index (χ2v) is 8.05. The minimum Gasteiger partial charge on any atom is -0.289 e. The standard InChI is InChI=1S/C21H20F3N7O/c22-21(23,24)19-27-16(29-30-19)14-8-6-13(7-9-14)15-10-25-17-18(26-15)31(20(32)28-17)11-12-4-2-1-3-5-12/h6-10,12H,1-5,11H2,(H,25,28,32)(H,27,29,30). The van der Waals surface area contributed by atoms with Crippen molar-refractivity contribution in [3.8, 4) is 22.6 Å². The van der Waals surface area contributed by atoms with E-state index in [1.165, 1.54) is 19.3 Å². The fraction of sp³-hybridized carbons (Fsp3) is 0.381. The zero-order valence-electron chi connectivity index (χ0n) is 17.0. The van der Waals surface area contributed by atoms with Crippen LogP contribution in [0.5, 0.6) is 0 Å². The molecule has 0 amide bonds. The molecule has 1 aromatic carbocycles. The van der Waals surface area contributed by atoms with E-state index < -0.39 is 12.0 Å². The van der Waals surface area contributed by atoms with Crippen LogP contribution in [0.4, 0.5) is 13.2 Å². The van der Waals surface area contributed by atoms with Gasteiger partial charge >= 0.3 is 11.9 Å². The van der Waals surface area contributed by atoms with Crippen molar-refractivity contribution in [2.75, 3.05) is 0 Å². The Morgan fingerprint density at radius 3 is 2.44 bits per heavy atom. The van der Waals surface area contributed by atoms with Gasteiger partial charge in [-0.15, -0.1) is 0 Å². The third-order valence-corrected chi connectivity index (χ3v) is 5.84. The molecule has 1 aliphatic rings. The van der Waals surface area contributed by atoms with Crippen LogP contribution in [0.15, 0.2) is 35.3 Å². The van der Waals surface area contributed by atoms with E-state index in [1.54, 1.807) is 35.0 Å². The van der Waals surface area contributed by atoms with Crippen LogP contribution in [0.25, 0.3) is 33.9 Å². The lowest BCUT2D eigenvalue weighted by Gasteiger charge is -2.21. The van der Waals surface area contributed by atoms with Crippen molar-refractivity contribution in [1.82, 2.24) is 34.7 Å². The first kappa shape index (κ1) is 20.4. The van der Waals surface area contributed by atoms with Crippen molar-refractivity contribution in [3.63, 3.8) is 0 Å². The fourth-order valence-corrected chi connectivity index (χ4v) is 4.16. The molecule has 32 heavy (non-hydrogen) atoms. The third kappa shape index (κ3) is 3.90. The molecule has 5 rings (SSSR count). The number of benzene rings is 1. The van der Waals surface area contributed by atoms with Gasteiger partial charge in [-0.2, -0.15) is 18.3 Å². The van der Waals surface area contributed by atoms with Crippen molar-refractivity contribution < 1.29 is 13.2 Å². The van der Waals surface area contributed by atoms with E-state index in [0.29, 0.717) is 40.6 Å². The quantitative estimate of drug-likeness (QED) is 0.493. The fourth-order valence-electron chi connectivity index (χ4n) is 4.16. The molecule has 0 spiro atoms. The molecule has 0 atom stereocenters. The molecule has 0 unspecified atom stereocenters. The summed E-state index contributed by atoms with van der Waals surface area (Å²) in [6.07, 6.45) is 2.79. The maximum atomic E-state index is 12.7. The van der Waals surface area contributed by atoms with Crippen LogP contribution in [0.2, 0.25) is 0 Å². The summed E-state index contributed by atoms with van der Waals surface area (Å²) in [4.78, 5) is 27.7. The van der Waals surface area contributed by atoms with E-state index in [9.17, 15) is 18.0 Å². The number of rotatable bonds is 4. The zero-order valence-corrected chi connectivity index (χ0v) is 17.0. The number of fused-ring (bicyclic) bond motifs is 1. The first-order valence-electron chi connectivity index (χ1n) is 10.4. The Kier molecular flexibility index (Phi) is 5.03. The minimum atomic E-state index is -4.58. The number of hydrogen-bond acceptors (Lipinski definition) is 5. The Labute approximate surface area is 179 Å². The van der Waals surface area contributed by atoms with E-state index in [4.69, 9.17) is 0 Å². The van der Waals surface area contributed by atoms with E-state index in [-0.39, 0.29) is 11.5 Å². The molecule has 0 radical (unpaired) electrons. The maximum absolute atomic E-state index is 12.7. The van der Waals surface area contributed by atoms with E-state index in [1.807, 2.05) is 5.10 Å². The van der Waals surface area contributed by atoms with Crippen LogP contribution >= 0.6 is 0 Å². The van der Waals surface area contributed by atoms with Gasteiger partial charge in [0.05, 0.1) is 11.9 Å². The number of aromatic amines is 2. The molecule has 166 valence electrons. The maximum Gasteiger partial charge on any atom is 0.451 e. The molecule has 1 aliphatic carbocycles. The van der Waals surface area contributed by atoms with Gasteiger partial charge in [-0.1, -0.05) is 43.5 Å². The number of imidazole rings is 1. The second kappa shape index (κ2) is 7.88. The number of hydrogen-bond donors (Lipinski definition) is 2. The molecule has 8 nitrogen and oxygen atoms in total. The van der Waals surface area contributed by atoms with E-state index in [2.05, 4.69) is 25.0 Å². The first-order valence-corrected chi connectivity index (χ1v) is 10.4. The number of nitrogens with one attached hydrogen (secondary N) is 2. The van der Waals surface area contributed by atoms with Gasteiger partial charge < -0.3 is 0 Å². The van der Waals surface area contributed by atoms with E-state index >= 15 is 0 Å². The van der Waals surface area contributed by atoms with Crippen LogP contribution in [0, 0.1) is 5.92 Å². The van der Waals surface area contributed by atoms with Gasteiger partial charge in [0.1, 0.15) is 0 Å². The van der Waals surface area contributed by atoms with Crippen molar-refractivity contribution in [2.45, 2.75) is 44.8 Å². The van der Waals surface area contributed by atoms with Crippen molar-refractivity contribution in [1.29, 1.82) is 0 Å². The number of halogens is 3. The van der Waals surface area contributed by atoms with Crippen molar-refractivity contribution in [2.24, 2.45) is 5.92 Å². The van der Waals surface area contributed by atoms with Gasteiger partial charge in [0, 0.05) is 17.7 Å². The smallest absolute Gasteiger partial charge is 0.289 e. The monoisotopic (exact) mass is 443 g/mol. The summed E-state index contributed by atoms with van der Waals surface area (Å²) < 4.78 is 39.9. The molecule has 2 N–H and O–H groups in total. The highest BCUT2D eigenvalue weighted by atomic mass is 19.4. The number of aromatic nitrogens is 7. The molecule has 3 heterocycles. The molecular formula is C21H20F3N7O. The Bertz CT molecular complexity index is 1300. The Morgan fingerprint density at radius 1 is 1.03 bits per heavy atom. The summed E-state index contributed by atoms with van der Waals surface area (Å²) in [7, 11) is 0. The molecular weight excluding hydrogens is 423 g/mol. The Morgan fingerprint density at radius 2 is 1.75 bits per heavy atom. The van der Waals surface area contributed by atoms with Gasteiger partial charge in [0.25, 0.3) is 0 Å². The Balaban J connectivity index is 1.43. The highest BCUT2D eigenvalue weighted by Crippen LogP contribution is 2.29. The van der Waals surface area contributed by atoms with Crippen LogP contribution in [0.1, 0.15) is 37.9 Å². The number of H-pyrrole nitrogens is 2. The molecule has 11 heteroatoms. The predicted octanol–water partition coefficient (Wildman–Crippen LogP) is 4.17. The molecule has 4 aromatic rings. The van der Waals surface area contributed by atoms with Crippen LogP contribution in [-0.2, 0) is 12.7 Å². The molecule has 0 aliphatic heterocycles. The van der Waals surface area contributed by atoms with Crippen molar-refractivity contribution >= 4 is 11.3 Å². The Hall–Kier alpha value is -3.50. The van der Waals surface area contributed by atoms with Gasteiger partial charge in [-0.3, -0.25) is 14.6 Å². The van der Waals surface area contributed by atoms with Crippen LogP contribution in [-0.4, -0.2) is 34.7 Å². The normalized spacial score (nSPS) is 15.5. The average molecular weight is 443 g/mol. The lowest BCUT2D eigenvalue weighted by atomic mass is 9.89. The zero-order chi connectivity index (χ0) is 22.3. The van der Waals surface area contributed by atoms with E-state index in [0.717, 1.165) is 12.8 Å². The largest absolute Gasteiger partial charge is 0.451 e. The van der Waals surface area contributed by atoms with Gasteiger partial charge in [-0.05, 0) is 18.8 Å². The van der Waals surface area contributed by atoms with Crippen LogP contribution in [0.3, 0.4) is 0 Å². The molecule has 1 saturated carbocycles. The van der Waals surface area contributed by atoms with Crippen LogP contribution < -0.4 is 5.69 Å². The molecule has 3 aromatic heterocycles. The number of nitrogens with zero attached hydrogens (tertiary/aromatic N) is 5. The van der Waals surface area contributed by atoms with Crippen molar-refractivity contribution in [3.05, 3.63) is 46.8 Å². The van der Waals surface area contributed by atoms with Gasteiger partial charge in [0.15, 0.2) is 17.1 Å².